The maximum absolute atomic E-state index is 12.4. The molecule has 5 heteroatoms. The minimum atomic E-state index is -0.643. The van der Waals surface area contributed by atoms with Crippen molar-refractivity contribution in [1.82, 2.24) is 4.98 Å². The molecule has 3 rings (SSSR count). The number of fused-ring (bicyclic) bond motifs is 1. The first-order valence-corrected chi connectivity index (χ1v) is 7.35. The van der Waals surface area contributed by atoms with Crippen LogP contribution in [0.25, 0.3) is 22.0 Å². The topological polar surface area (TPSA) is 71.2 Å². The Morgan fingerprint density at radius 1 is 1.04 bits per heavy atom. The van der Waals surface area contributed by atoms with Crippen molar-refractivity contribution in [2.45, 2.75) is 6.92 Å². The molecule has 0 unspecified atom stereocenters. The SMILES string of the molecule is CCOC(=O)Nc1c(=O)[nH]c(-c2ccccc2)c2ccccc12. The Morgan fingerprint density at radius 3 is 2.39 bits per heavy atom. The van der Waals surface area contributed by atoms with Gasteiger partial charge in [0.05, 0.1) is 12.3 Å². The van der Waals surface area contributed by atoms with E-state index in [1.807, 2.05) is 48.5 Å². The first kappa shape index (κ1) is 14.8. The van der Waals surface area contributed by atoms with Gasteiger partial charge in [-0.3, -0.25) is 10.1 Å². The van der Waals surface area contributed by atoms with E-state index in [2.05, 4.69) is 10.3 Å². The molecule has 0 bridgehead atoms. The summed E-state index contributed by atoms with van der Waals surface area (Å²) in [4.78, 5) is 27.0. The number of H-pyrrole nitrogens is 1. The Balaban J connectivity index is 2.20. The van der Waals surface area contributed by atoms with Crippen molar-refractivity contribution in [3.63, 3.8) is 0 Å². The normalized spacial score (nSPS) is 10.5. The summed E-state index contributed by atoms with van der Waals surface area (Å²) < 4.78 is 4.86. The molecule has 2 aromatic carbocycles. The molecule has 1 aromatic heterocycles. The summed E-state index contributed by atoms with van der Waals surface area (Å²) in [5.74, 6) is 0. The van der Waals surface area contributed by atoms with Crippen molar-refractivity contribution >= 4 is 22.6 Å². The molecule has 116 valence electrons. The van der Waals surface area contributed by atoms with Crippen LogP contribution >= 0.6 is 0 Å². The van der Waals surface area contributed by atoms with E-state index in [0.29, 0.717) is 5.39 Å². The van der Waals surface area contributed by atoms with E-state index in [-0.39, 0.29) is 17.9 Å². The number of pyridine rings is 1. The van der Waals surface area contributed by atoms with Gasteiger partial charge in [0.2, 0.25) is 0 Å². The van der Waals surface area contributed by atoms with Crippen molar-refractivity contribution in [2.24, 2.45) is 0 Å². The number of anilines is 1. The molecule has 0 fully saturated rings. The van der Waals surface area contributed by atoms with Gasteiger partial charge >= 0.3 is 6.09 Å². The molecule has 1 amide bonds. The predicted octanol–water partition coefficient (Wildman–Crippen LogP) is 3.76. The van der Waals surface area contributed by atoms with Gasteiger partial charge in [-0.2, -0.15) is 0 Å². The lowest BCUT2D eigenvalue weighted by Gasteiger charge is -2.12. The molecule has 0 atom stereocenters. The highest BCUT2D eigenvalue weighted by Crippen LogP contribution is 2.28. The molecular weight excluding hydrogens is 292 g/mol. The fraction of sp³-hybridized carbons (Fsp3) is 0.111. The first-order valence-electron chi connectivity index (χ1n) is 7.35. The zero-order chi connectivity index (χ0) is 16.2. The van der Waals surface area contributed by atoms with Crippen LogP contribution in [-0.2, 0) is 4.74 Å². The minimum absolute atomic E-state index is 0.193. The number of aromatic nitrogens is 1. The van der Waals surface area contributed by atoms with Crippen molar-refractivity contribution in [2.75, 3.05) is 11.9 Å². The number of hydrogen-bond acceptors (Lipinski definition) is 3. The minimum Gasteiger partial charge on any atom is -0.450 e. The fourth-order valence-electron chi connectivity index (χ4n) is 2.51. The van der Waals surface area contributed by atoms with Crippen LogP contribution in [-0.4, -0.2) is 17.7 Å². The lowest BCUT2D eigenvalue weighted by atomic mass is 10.0. The number of carbonyl (C=O) groups is 1. The molecule has 5 nitrogen and oxygen atoms in total. The van der Waals surface area contributed by atoms with Crippen LogP contribution in [0.5, 0.6) is 0 Å². The van der Waals surface area contributed by atoms with Gasteiger partial charge < -0.3 is 9.72 Å². The number of hydrogen-bond donors (Lipinski definition) is 2. The third-order valence-electron chi connectivity index (χ3n) is 3.50. The Bertz CT molecular complexity index is 901. The van der Waals surface area contributed by atoms with Crippen LogP contribution in [0.15, 0.2) is 59.4 Å². The summed E-state index contributed by atoms with van der Waals surface area (Å²) >= 11 is 0. The molecule has 0 saturated heterocycles. The molecule has 3 aromatic rings. The van der Waals surface area contributed by atoms with E-state index < -0.39 is 6.09 Å². The van der Waals surface area contributed by atoms with Crippen LogP contribution in [0, 0.1) is 0 Å². The van der Waals surface area contributed by atoms with E-state index in [1.165, 1.54) is 0 Å². The maximum atomic E-state index is 12.4. The Labute approximate surface area is 132 Å². The van der Waals surface area contributed by atoms with Crippen LogP contribution in [0.2, 0.25) is 0 Å². The fourth-order valence-corrected chi connectivity index (χ4v) is 2.51. The van der Waals surface area contributed by atoms with E-state index in [1.54, 1.807) is 13.0 Å². The summed E-state index contributed by atoms with van der Waals surface area (Å²) in [7, 11) is 0. The van der Waals surface area contributed by atoms with Crippen molar-refractivity contribution in [3.8, 4) is 11.3 Å². The smallest absolute Gasteiger partial charge is 0.411 e. The number of benzene rings is 2. The number of carbonyl (C=O) groups excluding carboxylic acids is 1. The third-order valence-corrected chi connectivity index (χ3v) is 3.50. The quantitative estimate of drug-likeness (QED) is 0.774. The van der Waals surface area contributed by atoms with Crippen LogP contribution in [0.1, 0.15) is 6.92 Å². The Kier molecular flexibility index (Phi) is 4.10. The van der Waals surface area contributed by atoms with Crippen LogP contribution in [0.4, 0.5) is 10.5 Å². The van der Waals surface area contributed by atoms with Gasteiger partial charge in [0, 0.05) is 10.8 Å². The highest BCUT2D eigenvalue weighted by Gasteiger charge is 2.14. The number of rotatable bonds is 3. The van der Waals surface area contributed by atoms with Gasteiger partial charge in [-0.05, 0) is 12.5 Å². The number of ether oxygens (including phenoxy) is 1. The Hall–Kier alpha value is -3.08. The highest BCUT2D eigenvalue weighted by atomic mass is 16.5. The molecule has 0 aliphatic rings. The lowest BCUT2D eigenvalue weighted by molar-refractivity contribution is 0.168. The molecule has 0 spiro atoms. The van der Waals surface area contributed by atoms with Gasteiger partial charge in [0.25, 0.3) is 5.56 Å². The molecular formula is C18H16N2O3. The van der Waals surface area contributed by atoms with E-state index in [0.717, 1.165) is 16.6 Å². The Morgan fingerprint density at radius 2 is 1.70 bits per heavy atom. The van der Waals surface area contributed by atoms with Gasteiger partial charge in [-0.1, -0.05) is 54.6 Å². The average molecular weight is 308 g/mol. The van der Waals surface area contributed by atoms with E-state index in [9.17, 15) is 9.59 Å². The number of nitrogens with one attached hydrogen (secondary N) is 2. The van der Waals surface area contributed by atoms with Gasteiger partial charge in [0.1, 0.15) is 5.69 Å². The average Bonchev–Trinajstić information content (AvgIpc) is 2.58. The van der Waals surface area contributed by atoms with Crippen molar-refractivity contribution < 1.29 is 9.53 Å². The monoisotopic (exact) mass is 308 g/mol. The molecule has 0 radical (unpaired) electrons. The molecule has 0 aliphatic heterocycles. The van der Waals surface area contributed by atoms with Gasteiger partial charge in [0.15, 0.2) is 0 Å². The zero-order valence-electron chi connectivity index (χ0n) is 12.6. The summed E-state index contributed by atoms with van der Waals surface area (Å²) in [5.41, 5.74) is 1.46. The molecule has 0 saturated carbocycles. The summed E-state index contributed by atoms with van der Waals surface area (Å²) in [5, 5.41) is 4.05. The molecule has 2 N–H and O–H groups in total. The lowest BCUT2D eigenvalue weighted by Crippen LogP contribution is -2.21. The summed E-state index contributed by atoms with van der Waals surface area (Å²) in [6.07, 6.45) is -0.643. The van der Waals surface area contributed by atoms with Crippen molar-refractivity contribution in [3.05, 3.63) is 65.0 Å². The first-order chi connectivity index (χ1) is 11.2. The third kappa shape index (κ3) is 2.94. The highest BCUT2D eigenvalue weighted by molar-refractivity contribution is 6.04. The second-order valence-electron chi connectivity index (χ2n) is 4.96. The molecule has 0 aliphatic carbocycles. The van der Waals surface area contributed by atoms with E-state index >= 15 is 0 Å². The number of amides is 1. The second-order valence-corrected chi connectivity index (χ2v) is 4.96. The largest absolute Gasteiger partial charge is 0.450 e. The molecule has 1 heterocycles. The van der Waals surface area contributed by atoms with Crippen LogP contribution in [0.3, 0.4) is 0 Å². The van der Waals surface area contributed by atoms with Crippen LogP contribution < -0.4 is 10.9 Å². The predicted molar refractivity (Wildman–Crippen MR) is 90.6 cm³/mol. The summed E-state index contributed by atoms with van der Waals surface area (Å²) in [6, 6.07) is 17.0. The van der Waals surface area contributed by atoms with Crippen molar-refractivity contribution in [1.29, 1.82) is 0 Å². The second kappa shape index (κ2) is 6.36. The maximum Gasteiger partial charge on any atom is 0.411 e. The molecule has 23 heavy (non-hydrogen) atoms. The number of aromatic amines is 1. The zero-order valence-corrected chi connectivity index (χ0v) is 12.6. The van der Waals surface area contributed by atoms with Gasteiger partial charge in [-0.25, -0.2) is 4.79 Å². The van der Waals surface area contributed by atoms with Gasteiger partial charge in [-0.15, -0.1) is 0 Å². The van der Waals surface area contributed by atoms with E-state index in [4.69, 9.17) is 4.74 Å². The summed E-state index contributed by atoms with van der Waals surface area (Å²) in [6.45, 7) is 1.95. The standard InChI is InChI=1S/C18H16N2O3/c1-2-23-18(22)20-16-14-11-7-6-10-13(14)15(19-17(16)21)12-8-4-3-5-9-12/h3-11H,2H2,1H3,(H,19,21)(H,20,22).